The van der Waals surface area contributed by atoms with Crippen molar-refractivity contribution < 1.29 is 33.5 Å². The molecule has 3 amide bonds. The van der Waals surface area contributed by atoms with Crippen LogP contribution in [0.2, 0.25) is 0 Å². The third kappa shape index (κ3) is 11.0. The first kappa shape index (κ1) is 48.8. The Morgan fingerprint density at radius 3 is 1.92 bits per heavy atom. The van der Waals surface area contributed by atoms with Crippen molar-refractivity contribution >= 4 is 81.3 Å². The van der Waals surface area contributed by atoms with E-state index in [2.05, 4.69) is 41.4 Å². The molecule has 0 unspecified atom stereocenters. The Morgan fingerprint density at radius 1 is 0.817 bits per heavy atom. The summed E-state index contributed by atoms with van der Waals surface area (Å²) in [6.45, 7) is 5.22. The average Bonchev–Trinajstić information content (AvgIpc) is 4.09. The lowest BCUT2D eigenvalue weighted by molar-refractivity contribution is -0.154. The largest absolute Gasteiger partial charge is 0.448 e. The Hall–Kier alpha value is -7.26. The summed E-state index contributed by atoms with van der Waals surface area (Å²) < 4.78 is 11.8. The number of thioether (sulfide) groups is 3. The van der Waals surface area contributed by atoms with E-state index in [0.29, 0.717) is 37.6 Å². The molecule has 71 heavy (non-hydrogen) atoms. The van der Waals surface area contributed by atoms with Gasteiger partial charge in [-0.05, 0) is 37.1 Å². The Balaban J connectivity index is 1.05. The maximum atomic E-state index is 14.9. The van der Waals surface area contributed by atoms with Crippen molar-refractivity contribution in [2.75, 3.05) is 16.2 Å². The Kier molecular flexibility index (Phi) is 15.0. The van der Waals surface area contributed by atoms with Gasteiger partial charge in [0.2, 0.25) is 10.8 Å². The van der Waals surface area contributed by atoms with E-state index in [-0.39, 0.29) is 22.2 Å². The van der Waals surface area contributed by atoms with Crippen molar-refractivity contribution in [3.63, 3.8) is 0 Å². The molecule has 0 radical (unpaired) electrons. The predicted octanol–water partition coefficient (Wildman–Crippen LogP) is 9.14. The van der Waals surface area contributed by atoms with Crippen LogP contribution >= 0.6 is 46.6 Å². The summed E-state index contributed by atoms with van der Waals surface area (Å²) in [4.78, 5) is 70.4. The zero-order valence-electron chi connectivity index (χ0n) is 38.3. The van der Waals surface area contributed by atoms with Gasteiger partial charge in [0.05, 0.1) is 5.08 Å². The number of aromatic amines is 1. The van der Waals surface area contributed by atoms with Crippen LogP contribution in [0.3, 0.4) is 0 Å². The predicted molar refractivity (Wildman–Crippen MR) is 274 cm³/mol. The zero-order chi connectivity index (χ0) is 49.4. The van der Waals surface area contributed by atoms with Crippen LogP contribution in [0.25, 0.3) is 0 Å². The number of H-pyrrole nitrogens is 1. The molecule has 16 nitrogen and oxygen atoms in total. The molecule has 2 aliphatic rings. The van der Waals surface area contributed by atoms with Crippen LogP contribution in [0, 0.1) is 0 Å². The molecular formula is C51H45N9O7S4. The number of anilines is 1. The summed E-state index contributed by atoms with van der Waals surface area (Å²) in [6, 6.07) is 46.1. The zero-order valence-corrected chi connectivity index (χ0v) is 41.6. The molecule has 5 aromatic carbocycles. The third-order valence-electron chi connectivity index (χ3n) is 11.0. The second-order valence-electron chi connectivity index (χ2n) is 16.8. The molecule has 2 aliphatic heterocycles. The number of esters is 1. The van der Waals surface area contributed by atoms with Crippen LogP contribution in [-0.4, -0.2) is 88.0 Å². The number of fused-ring (bicyclic) bond motifs is 1. The van der Waals surface area contributed by atoms with Gasteiger partial charge < -0.3 is 19.6 Å². The molecule has 0 aliphatic carbocycles. The minimum Gasteiger partial charge on any atom is -0.448 e. The van der Waals surface area contributed by atoms with E-state index < -0.39 is 52.6 Å². The van der Waals surface area contributed by atoms with Crippen LogP contribution < -0.4 is 10.6 Å². The van der Waals surface area contributed by atoms with Crippen molar-refractivity contribution in [1.82, 2.24) is 35.8 Å². The van der Waals surface area contributed by atoms with Crippen molar-refractivity contribution in [3.05, 3.63) is 201 Å². The SMILES string of the molecule is CC(C)(C)OC(=O)Nc1nc(/C(=N/OC(c2ccccc2)(c2ccccc2)c2ccccc2)C(=O)N[C@@H]2C(=O)N3C(C(=O)OC(c4ccccc4)c4ccccc4)=C(SCSc4nn[nH]n4)CS[C@@H]23)cs1. The molecule has 0 saturated carbocycles. The maximum Gasteiger partial charge on any atom is 0.413 e. The monoisotopic (exact) mass is 1020 g/mol. The van der Waals surface area contributed by atoms with Crippen LogP contribution in [-0.2, 0) is 34.3 Å². The summed E-state index contributed by atoms with van der Waals surface area (Å²) in [5.74, 6) is -1.73. The number of nitrogens with zero attached hydrogens (tertiary/aromatic N) is 6. The number of aromatic nitrogens is 5. The van der Waals surface area contributed by atoms with E-state index in [1.54, 1.807) is 26.2 Å². The molecule has 360 valence electrons. The summed E-state index contributed by atoms with van der Waals surface area (Å²) in [5.41, 5.74) is 1.30. The van der Waals surface area contributed by atoms with Crippen molar-refractivity contribution in [2.45, 2.75) is 54.6 Å². The lowest BCUT2D eigenvalue weighted by Crippen LogP contribution is -2.71. The number of tetrazole rings is 1. The van der Waals surface area contributed by atoms with Crippen molar-refractivity contribution in [1.29, 1.82) is 0 Å². The van der Waals surface area contributed by atoms with Gasteiger partial charge >= 0.3 is 12.1 Å². The molecule has 2 atom stereocenters. The Labute approximate surface area is 425 Å². The molecule has 9 rings (SSSR count). The van der Waals surface area contributed by atoms with E-state index in [1.165, 1.54) is 40.2 Å². The van der Waals surface area contributed by atoms with Crippen LogP contribution in [0.15, 0.2) is 178 Å². The van der Waals surface area contributed by atoms with E-state index in [9.17, 15) is 19.2 Å². The number of benzene rings is 5. The van der Waals surface area contributed by atoms with Gasteiger partial charge in [-0.3, -0.25) is 19.8 Å². The van der Waals surface area contributed by atoms with Gasteiger partial charge in [0.15, 0.2) is 16.9 Å². The highest BCUT2D eigenvalue weighted by molar-refractivity contribution is 8.18. The van der Waals surface area contributed by atoms with Crippen LogP contribution in [0.4, 0.5) is 9.93 Å². The summed E-state index contributed by atoms with van der Waals surface area (Å²) >= 11 is 5.10. The highest BCUT2D eigenvalue weighted by Gasteiger charge is 2.55. The van der Waals surface area contributed by atoms with Gasteiger partial charge in [-0.1, -0.05) is 169 Å². The summed E-state index contributed by atoms with van der Waals surface area (Å²) in [7, 11) is 0. The second kappa shape index (κ2) is 21.8. The number of hydrogen-bond donors (Lipinski definition) is 3. The second-order valence-corrected chi connectivity index (χ2v) is 21.2. The van der Waals surface area contributed by atoms with Gasteiger partial charge in [0.25, 0.3) is 11.8 Å². The van der Waals surface area contributed by atoms with Crippen molar-refractivity contribution in [3.8, 4) is 0 Å². The number of nitrogens with one attached hydrogen (secondary N) is 3. The van der Waals surface area contributed by atoms with E-state index in [1.807, 2.05) is 152 Å². The van der Waals surface area contributed by atoms with Gasteiger partial charge in [0, 0.05) is 32.7 Å². The molecule has 1 fully saturated rings. The van der Waals surface area contributed by atoms with Crippen LogP contribution in [0.5, 0.6) is 0 Å². The van der Waals surface area contributed by atoms with Gasteiger partial charge in [0.1, 0.15) is 28.4 Å². The minimum absolute atomic E-state index is 0.0522. The Bertz CT molecular complexity index is 2900. The number of oxime groups is 1. The number of carbonyl (C=O) groups excluding carboxylic acids is 4. The normalized spacial score (nSPS) is 15.9. The highest BCUT2D eigenvalue weighted by Crippen LogP contribution is 2.46. The number of rotatable bonds is 17. The Morgan fingerprint density at radius 2 is 1.38 bits per heavy atom. The first-order valence-electron chi connectivity index (χ1n) is 22.2. The smallest absolute Gasteiger partial charge is 0.413 e. The fourth-order valence-corrected chi connectivity index (χ4v) is 12.0. The lowest BCUT2D eigenvalue weighted by atomic mass is 9.80. The van der Waals surface area contributed by atoms with Gasteiger partial charge in [-0.15, -0.1) is 45.1 Å². The van der Waals surface area contributed by atoms with Gasteiger partial charge in [-0.25, -0.2) is 14.6 Å². The summed E-state index contributed by atoms with van der Waals surface area (Å²) in [6.07, 6.45) is -1.53. The topological polar surface area (TPSA) is 203 Å². The van der Waals surface area contributed by atoms with Gasteiger partial charge in [-0.2, -0.15) is 5.21 Å². The lowest BCUT2D eigenvalue weighted by Gasteiger charge is -2.49. The molecule has 0 spiro atoms. The number of β-lactam (4-membered cyclic amide) rings is 1. The molecular weight excluding hydrogens is 979 g/mol. The maximum absolute atomic E-state index is 14.9. The molecule has 3 N–H and O–H groups in total. The minimum atomic E-state index is -1.39. The van der Waals surface area contributed by atoms with Crippen LogP contribution in [0.1, 0.15) is 60.4 Å². The molecule has 0 bridgehead atoms. The number of thiazole rings is 1. The molecule has 20 heteroatoms. The first-order valence-corrected chi connectivity index (χ1v) is 26.1. The number of hydrogen-bond acceptors (Lipinski definition) is 16. The fraction of sp³-hybridized carbons (Fsp3) is 0.196. The number of amides is 3. The average molecular weight is 1020 g/mol. The molecule has 7 aromatic rings. The molecule has 4 heterocycles. The number of carbonyl (C=O) groups is 4. The highest BCUT2D eigenvalue weighted by atomic mass is 32.2. The molecule has 1 saturated heterocycles. The fourth-order valence-electron chi connectivity index (χ4n) is 7.84. The quantitative estimate of drug-likeness (QED) is 0.0148. The summed E-state index contributed by atoms with van der Waals surface area (Å²) in [5, 5.41) is 26.1. The van der Waals surface area contributed by atoms with E-state index in [0.717, 1.165) is 22.5 Å². The molecule has 2 aromatic heterocycles. The van der Waals surface area contributed by atoms with Crippen molar-refractivity contribution in [2.24, 2.45) is 5.16 Å². The standard InChI is InChI=1S/C51H45N9O7S4/c1-50(2,3)66-49(64)54-47-52-37(29-69-47)39(57-67-51(34-23-13-6-14-24-34,35-25-15-7-16-26-35)36-27-17-8-18-28-36)43(61)53-40-44(62)60-41(38(30-68-45(40)60)70-31-71-48-55-58-59-56-48)46(63)65-42(32-19-9-4-10-20-32)33-21-11-5-12-22-33/h4-29,40,42,45H,30-31H2,1-3H3,(H,53,61)(H,52,54,64)(H,55,56,58,59)/b57-39-/t40-,45+/m1/s1. The van der Waals surface area contributed by atoms with E-state index >= 15 is 0 Å². The third-order valence-corrected chi connectivity index (χ3v) is 15.3. The van der Waals surface area contributed by atoms with E-state index in [4.69, 9.17) is 14.3 Å². The number of ether oxygens (including phenoxy) is 2. The first-order chi connectivity index (χ1) is 34.5.